The first-order chi connectivity index (χ1) is 11.3. The summed E-state index contributed by atoms with van der Waals surface area (Å²) in [6, 6.07) is 3.75. The number of aromatic nitrogens is 3. The molecule has 0 spiro atoms. The summed E-state index contributed by atoms with van der Waals surface area (Å²) in [5, 5.41) is 3.47. The van der Waals surface area contributed by atoms with E-state index in [0.29, 0.717) is 6.42 Å². The zero-order valence-corrected chi connectivity index (χ0v) is 13.3. The van der Waals surface area contributed by atoms with Gasteiger partial charge in [0.2, 0.25) is 5.91 Å². The molecule has 24 heavy (non-hydrogen) atoms. The minimum atomic E-state index is -4.54. The quantitative estimate of drug-likeness (QED) is 0.864. The van der Waals surface area contributed by atoms with Crippen molar-refractivity contribution in [3.8, 4) is 0 Å². The molecule has 0 bridgehead atoms. The molecule has 1 amide bonds. The molecule has 0 aliphatic heterocycles. The lowest BCUT2D eigenvalue weighted by molar-refractivity contribution is -0.143. The van der Waals surface area contributed by atoms with Gasteiger partial charge in [0.1, 0.15) is 0 Å². The van der Waals surface area contributed by atoms with Crippen molar-refractivity contribution in [2.24, 2.45) is 7.05 Å². The van der Waals surface area contributed by atoms with Crippen molar-refractivity contribution in [2.45, 2.75) is 31.5 Å². The second kappa shape index (κ2) is 5.92. The summed E-state index contributed by atoms with van der Waals surface area (Å²) >= 11 is 0. The lowest BCUT2D eigenvalue weighted by Gasteiger charge is -2.21. The van der Waals surface area contributed by atoms with Crippen molar-refractivity contribution >= 4 is 5.91 Å². The molecule has 1 aliphatic rings. The van der Waals surface area contributed by atoms with Gasteiger partial charge in [-0.05, 0) is 24.5 Å². The minimum Gasteiger partial charge on any atom is -0.341 e. The lowest BCUT2D eigenvalue weighted by Crippen LogP contribution is -2.31. The number of likely N-dealkylation sites (N-methyl/N-ethyl adjacent to an activating group) is 1. The van der Waals surface area contributed by atoms with Gasteiger partial charge in [0.05, 0.1) is 11.6 Å². The molecule has 5 nitrogen and oxygen atoms in total. The van der Waals surface area contributed by atoms with E-state index in [9.17, 15) is 18.0 Å². The minimum absolute atomic E-state index is 0.0138. The molecule has 2 heterocycles. The Balaban J connectivity index is 1.79. The molecule has 0 radical (unpaired) electrons. The predicted octanol–water partition coefficient (Wildman–Crippen LogP) is 2.52. The van der Waals surface area contributed by atoms with Gasteiger partial charge in [-0.3, -0.25) is 14.5 Å². The molecule has 1 unspecified atom stereocenters. The van der Waals surface area contributed by atoms with Crippen LogP contribution in [-0.4, -0.2) is 32.6 Å². The fraction of sp³-hybridized carbons (Fsp3) is 0.438. The maximum atomic E-state index is 13.0. The van der Waals surface area contributed by atoms with Crippen LogP contribution in [0.25, 0.3) is 0 Å². The van der Waals surface area contributed by atoms with E-state index in [1.165, 1.54) is 25.2 Å². The third-order valence-corrected chi connectivity index (χ3v) is 4.21. The van der Waals surface area contributed by atoms with E-state index in [0.717, 1.165) is 22.4 Å². The van der Waals surface area contributed by atoms with Gasteiger partial charge in [0.25, 0.3) is 0 Å². The van der Waals surface area contributed by atoms with E-state index in [-0.39, 0.29) is 18.0 Å². The van der Waals surface area contributed by atoms with Crippen molar-refractivity contribution in [3.05, 3.63) is 47.0 Å². The van der Waals surface area contributed by atoms with Crippen LogP contribution in [0.2, 0.25) is 0 Å². The zero-order valence-electron chi connectivity index (χ0n) is 13.3. The first-order valence-electron chi connectivity index (χ1n) is 7.56. The van der Waals surface area contributed by atoms with Gasteiger partial charge in [-0.15, -0.1) is 0 Å². The first kappa shape index (κ1) is 16.5. The second-order valence-electron chi connectivity index (χ2n) is 6.01. The van der Waals surface area contributed by atoms with Crippen LogP contribution < -0.4 is 0 Å². The number of amides is 1. The average molecular weight is 338 g/mol. The summed E-state index contributed by atoms with van der Waals surface area (Å²) in [7, 11) is 2.94. The summed E-state index contributed by atoms with van der Waals surface area (Å²) in [5.74, 6) is -0.610. The topological polar surface area (TPSA) is 51.0 Å². The number of carbonyl (C=O) groups excluding carboxylic acids is 1. The van der Waals surface area contributed by atoms with Crippen LogP contribution in [0, 0.1) is 0 Å². The van der Waals surface area contributed by atoms with Gasteiger partial charge >= 0.3 is 6.18 Å². The second-order valence-corrected chi connectivity index (χ2v) is 6.01. The van der Waals surface area contributed by atoms with Gasteiger partial charge in [-0.2, -0.15) is 18.3 Å². The number of alkyl halides is 3. The zero-order chi connectivity index (χ0) is 17.5. The highest BCUT2D eigenvalue weighted by Gasteiger charge is 2.38. The van der Waals surface area contributed by atoms with E-state index in [1.807, 2.05) is 12.1 Å². The van der Waals surface area contributed by atoms with Gasteiger partial charge in [0, 0.05) is 38.6 Å². The number of halogens is 3. The molecule has 8 heteroatoms. The molecule has 1 aliphatic carbocycles. The van der Waals surface area contributed by atoms with Crippen molar-refractivity contribution in [2.75, 3.05) is 7.05 Å². The molecule has 3 rings (SSSR count). The van der Waals surface area contributed by atoms with Crippen LogP contribution in [0.5, 0.6) is 0 Å². The normalized spacial score (nSPS) is 17.0. The van der Waals surface area contributed by atoms with Gasteiger partial charge in [-0.1, -0.05) is 6.07 Å². The molecule has 2 aromatic heterocycles. The largest absolute Gasteiger partial charge is 0.435 e. The Morgan fingerprint density at radius 1 is 1.46 bits per heavy atom. The van der Waals surface area contributed by atoms with E-state index in [2.05, 4.69) is 10.1 Å². The molecule has 0 fully saturated rings. The van der Waals surface area contributed by atoms with Crippen LogP contribution in [-0.2, 0) is 31.0 Å². The van der Waals surface area contributed by atoms with Crippen LogP contribution in [0.1, 0.15) is 34.9 Å². The van der Waals surface area contributed by atoms with E-state index < -0.39 is 17.8 Å². The predicted molar refractivity (Wildman–Crippen MR) is 80.0 cm³/mol. The van der Waals surface area contributed by atoms with Crippen LogP contribution in [0.15, 0.2) is 24.5 Å². The van der Waals surface area contributed by atoms with Crippen molar-refractivity contribution in [1.82, 2.24) is 19.7 Å². The number of rotatable bonds is 3. The summed E-state index contributed by atoms with van der Waals surface area (Å²) in [6.45, 7) is -0.139. The van der Waals surface area contributed by atoms with Crippen molar-refractivity contribution in [1.29, 1.82) is 0 Å². The molecular formula is C16H17F3N4O. The highest BCUT2D eigenvalue weighted by Crippen LogP contribution is 2.34. The first-order valence-corrected chi connectivity index (χ1v) is 7.56. The average Bonchev–Trinajstić information content (AvgIpc) is 3.09. The Morgan fingerprint density at radius 2 is 2.21 bits per heavy atom. The monoisotopic (exact) mass is 338 g/mol. The Kier molecular flexibility index (Phi) is 4.06. The fourth-order valence-electron chi connectivity index (χ4n) is 3.14. The van der Waals surface area contributed by atoms with E-state index >= 15 is 0 Å². The molecule has 0 saturated carbocycles. The molecule has 1 atom stereocenters. The number of carbonyl (C=O) groups is 1. The molecule has 2 aromatic rings. The fourth-order valence-corrected chi connectivity index (χ4v) is 3.14. The third kappa shape index (κ3) is 3.00. The number of hydrogen-bond acceptors (Lipinski definition) is 3. The van der Waals surface area contributed by atoms with Gasteiger partial charge in [0.15, 0.2) is 5.69 Å². The Labute approximate surface area is 137 Å². The van der Waals surface area contributed by atoms with Gasteiger partial charge < -0.3 is 4.90 Å². The van der Waals surface area contributed by atoms with Crippen LogP contribution in [0.3, 0.4) is 0 Å². The smallest absolute Gasteiger partial charge is 0.341 e. The molecule has 0 saturated heterocycles. The summed E-state index contributed by atoms with van der Waals surface area (Å²) < 4.78 is 40.2. The molecule has 0 aromatic carbocycles. The standard InChI is InChI=1S/C16H17F3N4O/c1-22(8-11-9-23(2)21-14(11)16(17,18)19)15(24)12-6-5-10-4-3-7-20-13(10)12/h3-4,7,9,12H,5-6,8H2,1-2H3. The number of pyridine rings is 1. The Hall–Kier alpha value is -2.38. The van der Waals surface area contributed by atoms with Crippen LogP contribution >= 0.6 is 0 Å². The summed E-state index contributed by atoms with van der Waals surface area (Å²) in [4.78, 5) is 18.2. The van der Waals surface area contributed by atoms with Crippen LogP contribution in [0.4, 0.5) is 13.2 Å². The number of hydrogen-bond donors (Lipinski definition) is 0. The maximum Gasteiger partial charge on any atom is 0.435 e. The SMILES string of the molecule is CN(Cc1cn(C)nc1C(F)(F)F)C(=O)C1CCc2cccnc21. The molecule has 0 N–H and O–H groups in total. The van der Waals surface area contributed by atoms with Gasteiger partial charge in [-0.25, -0.2) is 0 Å². The Morgan fingerprint density at radius 3 is 2.92 bits per heavy atom. The Bertz CT molecular complexity index is 769. The lowest BCUT2D eigenvalue weighted by atomic mass is 10.0. The third-order valence-electron chi connectivity index (χ3n) is 4.21. The van der Waals surface area contributed by atoms with Crippen molar-refractivity contribution < 1.29 is 18.0 Å². The summed E-state index contributed by atoms with van der Waals surface area (Å²) in [5.41, 5.74) is 0.799. The molecule has 128 valence electrons. The van der Waals surface area contributed by atoms with E-state index in [1.54, 1.807) is 6.20 Å². The summed E-state index contributed by atoms with van der Waals surface area (Å²) in [6.07, 6.45) is -0.217. The van der Waals surface area contributed by atoms with E-state index in [4.69, 9.17) is 0 Å². The number of fused-ring (bicyclic) bond motifs is 1. The van der Waals surface area contributed by atoms with Crippen molar-refractivity contribution in [3.63, 3.8) is 0 Å². The highest BCUT2D eigenvalue weighted by atomic mass is 19.4. The highest BCUT2D eigenvalue weighted by molar-refractivity contribution is 5.84. The molecular weight excluding hydrogens is 321 g/mol. The maximum absolute atomic E-state index is 13.0. The number of nitrogens with zero attached hydrogens (tertiary/aromatic N) is 4. The number of aryl methyl sites for hydroxylation is 2.